The predicted molar refractivity (Wildman–Crippen MR) is 55.7 cm³/mol. The van der Waals surface area contributed by atoms with E-state index >= 15 is 0 Å². The van der Waals surface area contributed by atoms with Gasteiger partial charge in [0.05, 0.1) is 17.7 Å². The van der Waals surface area contributed by atoms with Crippen LogP contribution in [0.25, 0.3) is 10.6 Å². The monoisotopic (exact) mass is 223 g/mol. The normalized spacial score (nSPS) is 10.3. The van der Waals surface area contributed by atoms with Gasteiger partial charge in [0.15, 0.2) is 0 Å². The summed E-state index contributed by atoms with van der Waals surface area (Å²) >= 11 is 1.29. The van der Waals surface area contributed by atoms with E-state index < -0.39 is 5.97 Å². The minimum atomic E-state index is -0.409. The van der Waals surface area contributed by atoms with Crippen molar-refractivity contribution in [3.8, 4) is 10.6 Å². The fraction of sp³-hybridized carbons (Fsp3) is 0.222. The van der Waals surface area contributed by atoms with Gasteiger partial charge in [-0.3, -0.25) is 4.68 Å². The second-order valence-electron chi connectivity index (χ2n) is 2.86. The Morgan fingerprint density at radius 1 is 1.60 bits per heavy atom. The van der Waals surface area contributed by atoms with E-state index in [0.717, 1.165) is 10.6 Å². The van der Waals surface area contributed by atoms with Crippen molar-refractivity contribution in [2.24, 2.45) is 7.05 Å². The fourth-order valence-corrected chi connectivity index (χ4v) is 2.08. The van der Waals surface area contributed by atoms with E-state index in [-0.39, 0.29) is 0 Å². The average Bonchev–Trinajstić information content (AvgIpc) is 2.84. The quantitative estimate of drug-likeness (QED) is 0.721. The number of ether oxygens (including phenoxy) is 1. The maximum absolute atomic E-state index is 11.2. The zero-order valence-corrected chi connectivity index (χ0v) is 9.11. The highest BCUT2D eigenvalue weighted by molar-refractivity contribution is 7.16. The van der Waals surface area contributed by atoms with Crippen molar-refractivity contribution in [3.05, 3.63) is 23.5 Å². The van der Waals surface area contributed by atoms with Gasteiger partial charge in [-0.25, -0.2) is 9.78 Å². The number of hydrogen-bond donors (Lipinski definition) is 0. The van der Waals surface area contributed by atoms with Crippen LogP contribution in [0.3, 0.4) is 0 Å². The molecule has 0 aliphatic heterocycles. The van der Waals surface area contributed by atoms with Crippen molar-refractivity contribution in [2.75, 3.05) is 7.11 Å². The molecule has 0 amide bonds. The SMILES string of the molecule is COC(=O)c1ncc(-c2ccnn2C)s1. The summed E-state index contributed by atoms with van der Waals surface area (Å²) < 4.78 is 6.31. The van der Waals surface area contributed by atoms with E-state index in [0.29, 0.717) is 5.01 Å². The summed E-state index contributed by atoms with van der Waals surface area (Å²) in [4.78, 5) is 16.1. The van der Waals surface area contributed by atoms with Gasteiger partial charge < -0.3 is 4.74 Å². The highest BCUT2D eigenvalue weighted by Gasteiger charge is 2.13. The molecule has 15 heavy (non-hydrogen) atoms. The molecule has 2 aromatic heterocycles. The molecule has 2 heterocycles. The van der Waals surface area contributed by atoms with E-state index in [1.165, 1.54) is 18.4 Å². The number of aromatic nitrogens is 3. The molecule has 0 fully saturated rings. The van der Waals surface area contributed by atoms with Crippen LogP contribution < -0.4 is 0 Å². The van der Waals surface area contributed by atoms with Crippen molar-refractivity contribution in [2.45, 2.75) is 0 Å². The highest BCUT2D eigenvalue weighted by Crippen LogP contribution is 2.25. The molecule has 2 aromatic rings. The number of hydrogen-bond acceptors (Lipinski definition) is 5. The zero-order valence-electron chi connectivity index (χ0n) is 8.30. The molecule has 0 saturated carbocycles. The Hall–Kier alpha value is -1.69. The Kier molecular flexibility index (Phi) is 2.51. The number of carbonyl (C=O) groups excluding carboxylic acids is 1. The molecule has 6 heteroatoms. The third-order valence-corrected chi connectivity index (χ3v) is 2.94. The van der Waals surface area contributed by atoms with E-state index in [1.807, 2.05) is 13.1 Å². The van der Waals surface area contributed by atoms with Crippen LogP contribution in [0.5, 0.6) is 0 Å². The first kappa shape index (κ1) is 9.85. The molecular formula is C9H9N3O2S. The van der Waals surface area contributed by atoms with E-state index in [1.54, 1.807) is 17.1 Å². The molecule has 0 aliphatic rings. The first-order valence-electron chi connectivity index (χ1n) is 4.25. The van der Waals surface area contributed by atoms with Gasteiger partial charge in [-0.05, 0) is 6.07 Å². The zero-order chi connectivity index (χ0) is 10.8. The molecule has 0 saturated heterocycles. The summed E-state index contributed by atoms with van der Waals surface area (Å²) in [6.07, 6.45) is 3.35. The summed E-state index contributed by atoms with van der Waals surface area (Å²) in [6.45, 7) is 0. The first-order chi connectivity index (χ1) is 7.22. The third-order valence-electron chi connectivity index (χ3n) is 1.94. The van der Waals surface area contributed by atoms with Crippen molar-refractivity contribution in [1.82, 2.24) is 14.8 Å². The molecule has 0 bridgehead atoms. The van der Waals surface area contributed by atoms with Gasteiger partial charge in [-0.15, -0.1) is 11.3 Å². The van der Waals surface area contributed by atoms with Crippen LogP contribution in [0.4, 0.5) is 0 Å². The Morgan fingerprint density at radius 3 is 3.00 bits per heavy atom. The molecular weight excluding hydrogens is 214 g/mol. The molecule has 0 N–H and O–H groups in total. The van der Waals surface area contributed by atoms with E-state index in [2.05, 4.69) is 14.8 Å². The lowest BCUT2D eigenvalue weighted by atomic mass is 10.4. The van der Waals surface area contributed by atoms with Crippen LogP contribution >= 0.6 is 11.3 Å². The smallest absolute Gasteiger partial charge is 0.367 e. The van der Waals surface area contributed by atoms with Crippen molar-refractivity contribution in [3.63, 3.8) is 0 Å². The van der Waals surface area contributed by atoms with Crippen molar-refractivity contribution < 1.29 is 9.53 Å². The molecule has 2 rings (SSSR count). The van der Waals surface area contributed by atoms with Crippen LogP contribution in [0.1, 0.15) is 9.80 Å². The standard InChI is InChI=1S/C9H9N3O2S/c1-12-6(3-4-11-12)7-5-10-8(15-7)9(13)14-2/h3-5H,1-2H3. The second kappa shape index (κ2) is 3.82. The summed E-state index contributed by atoms with van der Waals surface area (Å²) in [5.74, 6) is -0.409. The van der Waals surface area contributed by atoms with Crippen LogP contribution in [-0.4, -0.2) is 27.8 Å². The van der Waals surface area contributed by atoms with Gasteiger partial charge in [0.2, 0.25) is 5.01 Å². The fourth-order valence-electron chi connectivity index (χ4n) is 1.19. The number of aryl methyl sites for hydroxylation is 1. The number of methoxy groups -OCH3 is 1. The highest BCUT2D eigenvalue weighted by atomic mass is 32.1. The third kappa shape index (κ3) is 1.75. The molecule has 78 valence electrons. The summed E-state index contributed by atoms with van der Waals surface area (Å²) in [7, 11) is 3.18. The number of thiazole rings is 1. The Labute approximate surface area is 90.3 Å². The maximum Gasteiger partial charge on any atom is 0.367 e. The molecule has 5 nitrogen and oxygen atoms in total. The largest absolute Gasteiger partial charge is 0.464 e. The minimum absolute atomic E-state index is 0.355. The van der Waals surface area contributed by atoms with Gasteiger partial charge in [0.1, 0.15) is 0 Å². The summed E-state index contributed by atoms with van der Waals surface area (Å²) in [6, 6.07) is 1.87. The van der Waals surface area contributed by atoms with Crippen LogP contribution in [0.15, 0.2) is 18.5 Å². The van der Waals surface area contributed by atoms with Gasteiger partial charge in [0.25, 0.3) is 0 Å². The van der Waals surface area contributed by atoms with Crippen LogP contribution in [-0.2, 0) is 11.8 Å². The maximum atomic E-state index is 11.2. The van der Waals surface area contributed by atoms with E-state index in [4.69, 9.17) is 0 Å². The topological polar surface area (TPSA) is 57.0 Å². The van der Waals surface area contributed by atoms with Gasteiger partial charge in [-0.2, -0.15) is 5.10 Å². The van der Waals surface area contributed by atoms with Crippen LogP contribution in [0, 0.1) is 0 Å². The van der Waals surface area contributed by atoms with Crippen LogP contribution in [0.2, 0.25) is 0 Å². The molecule has 0 atom stereocenters. The lowest BCUT2D eigenvalue weighted by Crippen LogP contribution is -1.98. The Balaban J connectivity index is 2.36. The molecule has 0 unspecified atom stereocenters. The first-order valence-corrected chi connectivity index (χ1v) is 5.06. The molecule has 0 aliphatic carbocycles. The number of rotatable bonds is 2. The van der Waals surface area contributed by atoms with E-state index in [9.17, 15) is 4.79 Å². The Morgan fingerprint density at radius 2 is 2.40 bits per heavy atom. The minimum Gasteiger partial charge on any atom is -0.464 e. The van der Waals surface area contributed by atoms with Crippen molar-refractivity contribution >= 4 is 17.3 Å². The van der Waals surface area contributed by atoms with Crippen molar-refractivity contribution in [1.29, 1.82) is 0 Å². The second-order valence-corrected chi connectivity index (χ2v) is 3.89. The van der Waals surface area contributed by atoms with Gasteiger partial charge >= 0.3 is 5.97 Å². The molecule has 0 aromatic carbocycles. The number of nitrogens with zero attached hydrogens (tertiary/aromatic N) is 3. The lowest BCUT2D eigenvalue weighted by Gasteiger charge is -1.95. The molecule has 0 spiro atoms. The number of esters is 1. The average molecular weight is 223 g/mol. The number of carbonyl (C=O) groups is 1. The summed E-state index contributed by atoms with van der Waals surface area (Å²) in [5, 5.41) is 4.40. The summed E-state index contributed by atoms with van der Waals surface area (Å²) in [5.41, 5.74) is 0.933. The molecule has 0 radical (unpaired) electrons. The van der Waals surface area contributed by atoms with Gasteiger partial charge in [-0.1, -0.05) is 0 Å². The van der Waals surface area contributed by atoms with Gasteiger partial charge in [0, 0.05) is 19.4 Å². The lowest BCUT2D eigenvalue weighted by molar-refractivity contribution is 0.0600. The Bertz CT molecular complexity index is 489. The predicted octanol–water partition coefficient (Wildman–Crippen LogP) is 1.33.